The minimum atomic E-state index is -4.28. The first kappa shape index (κ1) is 35.3. The lowest BCUT2D eigenvalue weighted by Gasteiger charge is -2.28. The lowest BCUT2D eigenvalue weighted by molar-refractivity contribution is -0.223. The summed E-state index contributed by atoms with van der Waals surface area (Å²) in [5.74, 6) is -10.1. The summed E-state index contributed by atoms with van der Waals surface area (Å²) in [5, 5.41) is 11.6. The number of aliphatic hydroxyl groups excluding tert-OH is 1. The van der Waals surface area contributed by atoms with Crippen molar-refractivity contribution < 1.29 is 46.1 Å². The Labute approximate surface area is 254 Å². The molecule has 2 saturated heterocycles. The molecule has 1 atom stereocenters. The van der Waals surface area contributed by atoms with Gasteiger partial charge in [-0.2, -0.15) is 13.8 Å². The number of amides is 2. The SMILES string of the molecule is CCOCC.Cc1cc(F)c(NC(=O)N2CCC(C(F)(F)C(C)(F)F)C2)cc1-c1cc(OCCO)nc(N2CCOCC2)c1. The van der Waals surface area contributed by atoms with Crippen LogP contribution in [0.4, 0.5) is 38.3 Å². The van der Waals surface area contributed by atoms with Crippen molar-refractivity contribution in [1.29, 1.82) is 0 Å². The number of alkyl halides is 4. The molecule has 4 rings (SSSR count). The van der Waals surface area contributed by atoms with Gasteiger partial charge in [0.05, 0.1) is 25.5 Å². The molecule has 2 fully saturated rings. The number of benzene rings is 1. The van der Waals surface area contributed by atoms with Gasteiger partial charge in [0, 0.05) is 58.3 Å². The van der Waals surface area contributed by atoms with E-state index in [1.165, 1.54) is 12.1 Å². The van der Waals surface area contributed by atoms with Crippen LogP contribution in [0.1, 0.15) is 32.8 Å². The standard InChI is InChI=1S/C26H31F5N4O4.C4H10O/c1-16-11-20(27)21(32-24(37)35-4-3-18(15-35)26(30,31)25(2,28)29)14-19(16)17-12-22(34-5-8-38-9-6-34)33-23(13-17)39-10-7-36;1-3-5-4-2/h11-14,18,36H,3-10,15H2,1-2H3,(H,32,37);3-4H2,1-2H3. The van der Waals surface area contributed by atoms with Crippen LogP contribution in [0.2, 0.25) is 0 Å². The molecule has 0 radical (unpaired) electrons. The Balaban J connectivity index is 0.000000978. The molecule has 2 N–H and O–H groups in total. The van der Waals surface area contributed by atoms with Crippen LogP contribution in [0.25, 0.3) is 11.1 Å². The van der Waals surface area contributed by atoms with Gasteiger partial charge in [0.15, 0.2) is 0 Å². The van der Waals surface area contributed by atoms with Crippen molar-refractivity contribution in [3.8, 4) is 17.0 Å². The number of urea groups is 1. The van der Waals surface area contributed by atoms with Gasteiger partial charge in [-0.3, -0.25) is 0 Å². The number of nitrogens with zero attached hydrogens (tertiary/aromatic N) is 3. The number of ether oxygens (including phenoxy) is 3. The summed E-state index contributed by atoms with van der Waals surface area (Å²) in [6.07, 6.45) is -0.302. The van der Waals surface area contributed by atoms with E-state index in [2.05, 4.69) is 10.3 Å². The minimum Gasteiger partial charge on any atom is -0.475 e. The van der Waals surface area contributed by atoms with Gasteiger partial charge in [-0.05, 0) is 62.1 Å². The Morgan fingerprint density at radius 3 is 2.39 bits per heavy atom. The van der Waals surface area contributed by atoms with E-state index in [1.54, 1.807) is 19.1 Å². The molecule has 2 amide bonds. The summed E-state index contributed by atoms with van der Waals surface area (Å²) in [7, 11) is 0. The Kier molecular flexibility index (Phi) is 12.6. The van der Waals surface area contributed by atoms with Crippen molar-refractivity contribution in [1.82, 2.24) is 9.88 Å². The molecule has 1 aromatic carbocycles. The van der Waals surface area contributed by atoms with E-state index in [0.717, 1.165) is 18.1 Å². The zero-order chi connectivity index (χ0) is 32.5. The van der Waals surface area contributed by atoms with E-state index in [9.17, 15) is 31.9 Å². The summed E-state index contributed by atoms with van der Waals surface area (Å²) in [6.45, 7) is 8.79. The summed E-state index contributed by atoms with van der Waals surface area (Å²) < 4.78 is 85.7. The number of anilines is 2. The van der Waals surface area contributed by atoms with Crippen molar-refractivity contribution in [3.05, 3.63) is 35.6 Å². The maximum atomic E-state index is 14.9. The number of halogens is 5. The van der Waals surface area contributed by atoms with Gasteiger partial charge in [0.2, 0.25) is 5.88 Å². The highest BCUT2D eigenvalue weighted by atomic mass is 19.3. The summed E-state index contributed by atoms with van der Waals surface area (Å²) in [5.41, 5.74) is 1.51. The number of aromatic nitrogens is 1. The van der Waals surface area contributed by atoms with E-state index in [4.69, 9.17) is 14.2 Å². The van der Waals surface area contributed by atoms with Gasteiger partial charge in [-0.25, -0.2) is 18.0 Å². The number of carbonyl (C=O) groups is 1. The first-order valence-corrected chi connectivity index (χ1v) is 14.6. The number of aryl methyl sites for hydroxylation is 1. The topological polar surface area (TPSA) is 96.4 Å². The third-order valence-electron chi connectivity index (χ3n) is 7.31. The van der Waals surface area contributed by atoms with Crippen LogP contribution in [-0.2, 0) is 9.47 Å². The van der Waals surface area contributed by atoms with Crippen LogP contribution in [0, 0.1) is 18.7 Å². The second-order valence-electron chi connectivity index (χ2n) is 10.5. The normalized spacial score (nSPS) is 17.3. The molecule has 14 heteroatoms. The number of hydrogen-bond acceptors (Lipinski definition) is 7. The van der Waals surface area contributed by atoms with E-state index >= 15 is 0 Å². The number of rotatable bonds is 10. The Morgan fingerprint density at radius 2 is 1.80 bits per heavy atom. The number of pyridine rings is 1. The molecule has 0 spiro atoms. The highest BCUT2D eigenvalue weighted by molar-refractivity contribution is 5.91. The fourth-order valence-corrected chi connectivity index (χ4v) is 4.90. The first-order chi connectivity index (χ1) is 20.8. The first-order valence-electron chi connectivity index (χ1n) is 14.6. The van der Waals surface area contributed by atoms with Crippen LogP contribution < -0.4 is 15.0 Å². The third kappa shape index (κ3) is 8.91. The molecule has 246 valence electrons. The Bertz CT molecular complexity index is 1240. The lowest BCUT2D eigenvalue weighted by Crippen LogP contribution is -2.46. The molecule has 2 aliphatic heterocycles. The number of hydrogen-bond donors (Lipinski definition) is 2. The molecule has 2 aromatic rings. The van der Waals surface area contributed by atoms with Gasteiger partial charge in [0.25, 0.3) is 0 Å². The minimum absolute atomic E-state index is 0.0164. The molecular formula is C30H41F5N4O5. The third-order valence-corrected chi connectivity index (χ3v) is 7.31. The van der Waals surface area contributed by atoms with Crippen LogP contribution in [0.15, 0.2) is 24.3 Å². The average molecular weight is 633 g/mol. The Hall–Kier alpha value is -3.23. The van der Waals surface area contributed by atoms with Crippen molar-refractivity contribution >= 4 is 17.5 Å². The Morgan fingerprint density at radius 1 is 1.11 bits per heavy atom. The van der Waals surface area contributed by atoms with Crippen LogP contribution in [0.3, 0.4) is 0 Å². The molecule has 0 saturated carbocycles. The zero-order valence-electron chi connectivity index (χ0n) is 25.5. The molecule has 44 heavy (non-hydrogen) atoms. The van der Waals surface area contributed by atoms with Gasteiger partial charge >= 0.3 is 17.9 Å². The molecule has 0 aliphatic carbocycles. The monoisotopic (exact) mass is 632 g/mol. The van der Waals surface area contributed by atoms with E-state index in [-0.39, 0.29) is 44.7 Å². The van der Waals surface area contributed by atoms with Crippen molar-refractivity contribution in [2.75, 3.05) is 76.0 Å². The fourth-order valence-electron chi connectivity index (χ4n) is 4.90. The van der Waals surface area contributed by atoms with Crippen molar-refractivity contribution in [2.45, 2.75) is 46.0 Å². The average Bonchev–Trinajstić information content (AvgIpc) is 3.49. The van der Waals surface area contributed by atoms with E-state index in [1.807, 2.05) is 18.7 Å². The molecule has 1 aromatic heterocycles. The van der Waals surface area contributed by atoms with Crippen molar-refractivity contribution in [3.63, 3.8) is 0 Å². The van der Waals surface area contributed by atoms with Crippen molar-refractivity contribution in [2.24, 2.45) is 5.92 Å². The fraction of sp³-hybridized carbons (Fsp3) is 0.600. The molecule has 1 unspecified atom stereocenters. The van der Waals surface area contributed by atoms with Gasteiger partial charge < -0.3 is 34.4 Å². The van der Waals surface area contributed by atoms with Gasteiger partial charge in [-0.15, -0.1) is 0 Å². The number of carbonyl (C=O) groups excluding carboxylic acids is 1. The number of likely N-dealkylation sites (tertiary alicyclic amines) is 1. The van der Waals surface area contributed by atoms with Crippen LogP contribution in [-0.4, -0.2) is 98.7 Å². The second-order valence-corrected chi connectivity index (χ2v) is 10.5. The van der Waals surface area contributed by atoms with Gasteiger partial charge in [-0.1, -0.05) is 0 Å². The molecule has 2 aliphatic rings. The summed E-state index contributed by atoms with van der Waals surface area (Å²) >= 11 is 0. The van der Waals surface area contributed by atoms with Gasteiger partial charge in [0.1, 0.15) is 18.2 Å². The van der Waals surface area contributed by atoms with E-state index in [0.29, 0.717) is 48.8 Å². The predicted octanol–water partition coefficient (Wildman–Crippen LogP) is 5.59. The number of aliphatic hydroxyl groups is 1. The number of nitrogens with one attached hydrogen (secondary N) is 1. The second kappa shape index (κ2) is 15.7. The quantitative estimate of drug-likeness (QED) is 0.330. The largest absolute Gasteiger partial charge is 0.475 e. The maximum Gasteiger partial charge on any atom is 0.321 e. The summed E-state index contributed by atoms with van der Waals surface area (Å²) in [6, 6.07) is 5.20. The smallest absolute Gasteiger partial charge is 0.321 e. The molecular weight excluding hydrogens is 591 g/mol. The van der Waals surface area contributed by atoms with Crippen LogP contribution >= 0.6 is 0 Å². The molecule has 9 nitrogen and oxygen atoms in total. The zero-order valence-corrected chi connectivity index (χ0v) is 25.5. The highest BCUT2D eigenvalue weighted by Crippen LogP contribution is 2.43. The van der Waals surface area contributed by atoms with Crippen LogP contribution in [0.5, 0.6) is 5.88 Å². The number of morpholine rings is 1. The molecule has 0 bridgehead atoms. The lowest BCUT2D eigenvalue weighted by atomic mass is 9.96. The predicted molar refractivity (Wildman–Crippen MR) is 156 cm³/mol. The van der Waals surface area contributed by atoms with E-state index < -0.39 is 36.2 Å². The maximum absolute atomic E-state index is 14.9. The summed E-state index contributed by atoms with van der Waals surface area (Å²) in [4.78, 5) is 20.3. The highest BCUT2D eigenvalue weighted by Gasteiger charge is 2.59. The molecule has 3 heterocycles.